The Morgan fingerprint density at radius 1 is 1.08 bits per heavy atom. The SMILES string of the molecule is Cc1ccc(O)cc1C12CCN(C(=O)Cn3nc(C(F)F)cc3C(F)F)CCC1(O)C(C)N(CC1CC1)CC2. The standard InChI is InChI=1S/C28H36F4N4O3/c1-17-3-6-20(37)13-21(17)27-7-10-34(24(38)16-36-23(26(31)32)14-22(33-36)25(29)30)12-9-28(27,39)18(2)35(11-8-27)15-19-4-5-19/h3,6,13-14,18-19,25-26,37,39H,4-5,7-12,15-16H2,1-2H3. The van der Waals surface area contributed by atoms with E-state index >= 15 is 0 Å². The molecule has 1 aromatic carbocycles. The first-order chi connectivity index (χ1) is 18.4. The maximum Gasteiger partial charge on any atom is 0.282 e. The van der Waals surface area contributed by atoms with Crippen molar-refractivity contribution in [1.82, 2.24) is 19.6 Å². The molecule has 0 bridgehead atoms. The average molecular weight is 553 g/mol. The Bertz CT molecular complexity index is 1220. The number of fused-ring (bicyclic) bond motifs is 1. The summed E-state index contributed by atoms with van der Waals surface area (Å²) in [4.78, 5) is 17.2. The maximum absolute atomic E-state index is 13.5. The summed E-state index contributed by atoms with van der Waals surface area (Å²) in [6.45, 7) is 5.49. The summed E-state index contributed by atoms with van der Waals surface area (Å²) in [7, 11) is 0. The van der Waals surface area contributed by atoms with E-state index in [0.29, 0.717) is 29.5 Å². The highest BCUT2D eigenvalue weighted by Gasteiger charge is 2.59. The number of aryl methyl sites for hydroxylation is 1. The number of carbonyl (C=O) groups is 1. The van der Waals surface area contributed by atoms with Gasteiger partial charge in [-0.05, 0) is 87.7 Å². The number of hydrogen-bond acceptors (Lipinski definition) is 5. The fourth-order valence-corrected chi connectivity index (χ4v) is 6.83. The Morgan fingerprint density at radius 3 is 2.44 bits per heavy atom. The van der Waals surface area contributed by atoms with E-state index < -0.39 is 47.7 Å². The number of phenolic OH excluding ortho intramolecular Hbond substituents is 1. The van der Waals surface area contributed by atoms with Gasteiger partial charge in [0, 0.05) is 31.1 Å². The van der Waals surface area contributed by atoms with Gasteiger partial charge in [-0.25, -0.2) is 17.6 Å². The molecule has 3 unspecified atom stereocenters. The van der Waals surface area contributed by atoms with Gasteiger partial charge in [0.1, 0.15) is 23.7 Å². The third-order valence-electron chi connectivity index (χ3n) is 9.31. The number of phenols is 1. The predicted molar refractivity (Wildman–Crippen MR) is 136 cm³/mol. The first-order valence-electron chi connectivity index (χ1n) is 13.6. The van der Waals surface area contributed by atoms with Crippen LogP contribution in [0.2, 0.25) is 0 Å². The lowest BCUT2D eigenvalue weighted by Crippen LogP contribution is -2.68. The largest absolute Gasteiger partial charge is 0.508 e. The van der Waals surface area contributed by atoms with Crippen LogP contribution in [0, 0.1) is 12.8 Å². The first-order valence-corrected chi connectivity index (χ1v) is 13.6. The van der Waals surface area contributed by atoms with E-state index in [-0.39, 0.29) is 31.3 Å². The molecule has 3 aliphatic rings. The van der Waals surface area contributed by atoms with Crippen LogP contribution in [-0.4, -0.2) is 73.5 Å². The molecule has 1 aromatic heterocycles. The zero-order chi connectivity index (χ0) is 28.1. The van der Waals surface area contributed by atoms with E-state index in [1.165, 1.54) is 17.7 Å². The second-order valence-electron chi connectivity index (χ2n) is 11.5. The highest BCUT2D eigenvalue weighted by atomic mass is 19.3. The second-order valence-corrected chi connectivity index (χ2v) is 11.5. The van der Waals surface area contributed by atoms with E-state index in [4.69, 9.17) is 0 Å². The quantitative estimate of drug-likeness (QED) is 0.492. The Kier molecular flexibility index (Phi) is 7.43. The molecule has 5 rings (SSSR count). The molecule has 1 amide bonds. The minimum Gasteiger partial charge on any atom is -0.508 e. The molecule has 2 aromatic rings. The first kappa shape index (κ1) is 27.9. The number of halogens is 4. The molecular formula is C28H36F4N4O3. The lowest BCUT2D eigenvalue weighted by molar-refractivity contribution is -0.138. The van der Waals surface area contributed by atoms with Crippen molar-refractivity contribution >= 4 is 5.91 Å². The number of benzene rings is 1. The van der Waals surface area contributed by atoms with Gasteiger partial charge < -0.3 is 15.1 Å². The Balaban J connectivity index is 1.46. The molecule has 2 N–H and O–H groups in total. The van der Waals surface area contributed by atoms with Crippen molar-refractivity contribution in [1.29, 1.82) is 0 Å². The molecule has 3 heterocycles. The number of carbonyl (C=O) groups excluding carboxylic acids is 1. The highest BCUT2D eigenvalue weighted by Crippen LogP contribution is 2.53. The molecular weight excluding hydrogens is 516 g/mol. The van der Waals surface area contributed by atoms with Crippen LogP contribution in [0.15, 0.2) is 24.3 Å². The van der Waals surface area contributed by atoms with Crippen molar-refractivity contribution in [3.63, 3.8) is 0 Å². The number of aliphatic hydroxyl groups is 1. The van der Waals surface area contributed by atoms with Crippen molar-refractivity contribution in [3.05, 3.63) is 46.8 Å². The summed E-state index contributed by atoms with van der Waals surface area (Å²) < 4.78 is 53.9. The zero-order valence-electron chi connectivity index (χ0n) is 22.3. The molecule has 1 aliphatic carbocycles. The van der Waals surface area contributed by atoms with Crippen molar-refractivity contribution in [2.45, 2.75) is 82.4 Å². The molecule has 11 heteroatoms. The third-order valence-corrected chi connectivity index (χ3v) is 9.31. The Hall–Kier alpha value is -2.66. The molecule has 3 atom stereocenters. The summed E-state index contributed by atoms with van der Waals surface area (Å²) in [5, 5.41) is 26.5. The zero-order valence-corrected chi connectivity index (χ0v) is 22.3. The summed E-state index contributed by atoms with van der Waals surface area (Å²) in [5.74, 6) is 0.213. The molecule has 0 spiro atoms. The lowest BCUT2D eigenvalue weighted by Gasteiger charge is -2.57. The van der Waals surface area contributed by atoms with Gasteiger partial charge in [0.2, 0.25) is 5.91 Å². The predicted octanol–water partition coefficient (Wildman–Crippen LogP) is 4.57. The van der Waals surface area contributed by atoms with Gasteiger partial charge in [-0.2, -0.15) is 5.10 Å². The van der Waals surface area contributed by atoms with Gasteiger partial charge >= 0.3 is 0 Å². The van der Waals surface area contributed by atoms with Crippen molar-refractivity contribution in [2.75, 3.05) is 26.2 Å². The number of piperidine rings is 1. The molecule has 1 saturated carbocycles. The van der Waals surface area contributed by atoms with Gasteiger partial charge in [-0.1, -0.05) is 6.07 Å². The van der Waals surface area contributed by atoms with Crippen LogP contribution >= 0.6 is 0 Å². The van der Waals surface area contributed by atoms with Crippen LogP contribution in [0.1, 0.15) is 74.4 Å². The van der Waals surface area contributed by atoms with Crippen LogP contribution in [0.5, 0.6) is 5.75 Å². The average Bonchev–Trinajstić information content (AvgIpc) is 3.63. The lowest BCUT2D eigenvalue weighted by atomic mass is 9.57. The van der Waals surface area contributed by atoms with Gasteiger partial charge in [-0.15, -0.1) is 0 Å². The summed E-state index contributed by atoms with van der Waals surface area (Å²) in [6.07, 6.45) is -2.42. The van der Waals surface area contributed by atoms with E-state index in [9.17, 15) is 32.6 Å². The summed E-state index contributed by atoms with van der Waals surface area (Å²) in [5.41, 5.74) is -1.70. The number of amides is 1. The molecule has 3 fully saturated rings. The Labute approximate surface area is 225 Å². The third kappa shape index (κ3) is 5.03. The molecule has 7 nitrogen and oxygen atoms in total. The number of hydrogen-bond donors (Lipinski definition) is 2. The molecule has 2 saturated heterocycles. The number of alkyl halides is 4. The molecule has 39 heavy (non-hydrogen) atoms. The van der Waals surface area contributed by atoms with Crippen LogP contribution < -0.4 is 0 Å². The maximum atomic E-state index is 13.5. The van der Waals surface area contributed by atoms with E-state index in [1.807, 2.05) is 19.9 Å². The smallest absolute Gasteiger partial charge is 0.282 e. The fraction of sp³-hybridized carbons (Fsp3) is 0.643. The van der Waals surface area contributed by atoms with Crippen molar-refractivity contribution in [2.24, 2.45) is 5.92 Å². The van der Waals surface area contributed by atoms with Crippen molar-refractivity contribution < 1.29 is 32.6 Å². The minimum absolute atomic E-state index is 0.102. The van der Waals surface area contributed by atoms with Crippen molar-refractivity contribution in [3.8, 4) is 5.75 Å². The van der Waals surface area contributed by atoms with Gasteiger partial charge in [0.05, 0.1) is 5.60 Å². The van der Waals surface area contributed by atoms with Crippen LogP contribution in [0.3, 0.4) is 0 Å². The number of rotatable bonds is 7. The summed E-state index contributed by atoms with van der Waals surface area (Å²) in [6, 6.07) is 5.59. The van der Waals surface area contributed by atoms with E-state index in [0.717, 1.165) is 24.2 Å². The number of likely N-dealkylation sites (tertiary alicyclic amines) is 2. The van der Waals surface area contributed by atoms with Gasteiger partial charge in [0.25, 0.3) is 12.9 Å². The minimum atomic E-state index is -3.05. The van der Waals surface area contributed by atoms with Crippen LogP contribution in [-0.2, 0) is 16.8 Å². The monoisotopic (exact) mass is 552 g/mol. The Morgan fingerprint density at radius 2 is 1.77 bits per heavy atom. The van der Waals surface area contributed by atoms with Gasteiger partial charge in [0.15, 0.2) is 0 Å². The topological polar surface area (TPSA) is 81.8 Å². The van der Waals surface area contributed by atoms with E-state index in [1.54, 1.807) is 12.1 Å². The summed E-state index contributed by atoms with van der Waals surface area (Å²) >= 11 is 0. The number of aromatic nitrogens is 2. The molecule has 214 valence electrons. The fourth-order valence-electron chi connectivity index (χ4n) is 6.83. The number of nitrogens with zero attached hydrogens (tertiary/aromatic N) is 4. The number of aromatic hydroxyl groups is 1. The van der Waals surface area contributed by atoms with Crippen LogP contribution in [0.4, 0.5) is 17.6 Å². The normalized spacial score (nSPS) is 28.1. The second kappa shape index (κ2) is 10.4. The molecule has 0 radical (unpaired) electrons. The van der Waals surface area contributed by atoms with E-state index in [2.05, 4.69) is 10.00 Å². The highest BCUT2D eigenvalue weighted by molar-refractivity contribution is 5.76. The van der Waals surface area contributed by atoms with Gasteiger partial charge in [-0.3, -0.25) is 14.4 Å². The van der Waals surface area contributed by atoms with Crippen LogP contribution in [0.25, 0.3) is 0 Å². The molecule has 2 aliphatic heterocycles.